The van der Waals surface area contributed by atoms with Crippen molar-refractivity contribution >= 4 is 17.6 Å². The van der Waals surface area contributed by atoms with Gasteiger partial charge < -0.3 is 19.9 Å². The standard InChI is InChI=1S/C31H40N4O3/c1-30(2,3)38-29(37)34-21-12-10-20(11-13-21)33-24-15-22(14-9-19(24)18-32)35-25-8-6-7-23(25)28-26(35)16-31(4,5)17-27(28)36/h9,14-15,20-21,33H,6-8,10-13,16-17H2,1-5H3,(H,34,37). The van der Waals surface area contributed by atoms with Crippen LogP contribution in [0.4, 0.5) is 10.5 Å². The van der Waals surface area contributed by atoms with E-state index in [0.29, 0.717) is 12.0 Å². The molecule has 0 aliphatic heterocycles. The Morgan fingerprint density at radius 3 is 2.47 bits per heavy atom. The second kappa shape index (κ2) is 9.80. The highest BCUT2D eigenvalue weighted by molar-refractivity contribution is 6.01. The minimum Gasteiger partial charge on any atom is -0.444 e. The van der Waals surface area contributed by atoms with Crippen LogP contribution in [0, 0.1) is 16.7 Å². The lowest BCUT2D eigenvalue weighted by Gasteiger charge is -2.32. The lowest BCUT2D eigenvalue weighted by molar-refractivity contribution is 0.0492. The van der Waals surface area contributed by atoms with E-state index in [-0.39, 0.29) is 29.4 Å². The maximum absolute atomic E-state index is 13.2. The molecule has 0 saturated heterocycles. The second-order valence-electron chi connectivity index (χ2n) is 13.1. The predicted molar refractivity (Wildman–Crippen MR) is 148 cm³/mol. The smallest absolute Gasteiger partial charge is 0.407 e. The van der Waals surface area contributed by atoms with Crippen LogP contribution in [0.3, 0.4) is 0 Å². The molecule has 3 aliphatic carbocycles. The first kappa shape index (κ1) is 26.3. The molecule has 7 heteroatoms. The van der Waals surface area contributed by atoms with Crippen molar-refractivity contribution in [3.05, 3.63) is 46.3 Å². The van der Waals surface area contributed by atoms with Crippen LogP contribution in [0.15, 0.2) is 18.2 Å². The van der Waals surface area contributed by atoms with Gasteiger partial charge in [0.1, 0.15) is 11.7 Å². The van der Waals surface area contributed by atoms with Crippen LogP contribution in [0.1, 0.15) is 106 Å². The van der Waals surface area contributed by atoms with Crippen molar-refractivity contribution in [1.82, 2.24) is 9.88 Å². The Bertz CT molecular complexity index is 1300. The summed E-state index contributed by atoms with van der Waals surface area (Å²) >= 11 is 0. The van der Waals surface area contributed by atoms with E-state index in [1.807, 2.05) is 32.9 Å². The summed E-state index contributed by atoms with van der Waals surface area (Å²) in [4.78, 5) is 25.4. The maximum Gasteiger partial charge on any atom is 0.407 e. The van der Waals surface area contributed by atoms with Crippen LogP contribution in [0.25, 0.3) is 5.69 Å². The molecule has 1 aromatic heterocycles. The summed E-state index contributed by atoms with van der Waals surface area (Å²) in [6.45, 7) is 9.95. The number of benzene rings is 1. The van der Waals surface area contributed by atoms with Gasteiger partial charge in [-0.1, -0.05) is 13.8 Å². The summed E-state index contributed by atoms with van der Waals surface area (Å²) in [5.41, 5.74) is 6.53. The summed E-state index contributed by atoms with van der Waals surface area (Å²) in [5, 5.41) is 16.5. The first-order chi connectivity index (χ1) is 17.9. The molecule has 3 aliphatic rings. The number of anilines is 1. The number of hydrogen-bond donors (Lipinski definition) is 2. The third-order valence-corrected chi connectivity index (χ3v) is 8.07. The zero-order chi connectivity index (χ0) is 27.2. The fraction of sp³-hybridized carbons (Fsp3) is 0.581. The number of nitrogens with zero attached hydrogens (tertiary/aromatic N) is 2. The number of nitrogens with one attached hydrogen (secondary N) is 2. The van der Waals surface area contributed by atoms with Crippen LogP contribution in [0.5, 0.6) is 0 Å². The third-order valence-electron chi connectivity index (χ3n) is 8.07. The summed E-state index contributed by atoms with van der Waals surface area (Å²) in [5.74, 6) is 0.275. The average molecular weight is 517 g/mol. The maximum atomic E-state index is 13.2. The Morgan fingerprint density at radius 1 is 1.08 bits per heavy atom. The molecule has 0 atom stereocenters. The number of carbonyl (C=O) groups is 2. The number of ketones is 1. The van der Waals surface area contributed by atoms with Crippen LogP contribution in [-0.4, -0.2) is 34.1 Å². The molecule has 0 unspecified atom stereocenters. The average Bonchev–Trinajstić information content (AvgIpc) is 3.38. The Balaban J connectivity index is 1.36. The molecule has 1 aromatic carbocycles. The molecule has 7 nitrogen and oxygen atoms in total. The fourth-order valence-corrected chi connectivity index (χ4v) is 6.50. The Kier molecular flexibility index (Phi) is 6.79. The van der Waals surface area contributed by atoms with Gasteiger partial charge in [0.2, 0.25) is 0 Å². The van der Waals surface area contributed by atoms with Gasteiger partial charge in [0.15, 0.2) is 5.78 Å². The number of hydrogen-bond acceptors (Lipinski definition) is 5. The summed E-state index contributed by atoms with van der Waals surface area (Å²) in [6.07, 6.45) is 7.64. The third kappa shape index (κ3) is 5.32. The van der Waals surface area contributed by atoms with Gasteiger partial charge in [-0.25, -0.2) is 4.79 Å². The van der Waals surface area contributed by atoms with Crippen LogP contribution in [0.2, 0.25) is 0 Å². The van der Waals surface area contributed by atoms with E-state index < -0.39 is 5.60 Å². The molecule has 1 fully saturated rings. The second-order valence-corrected chi connectivity index (χ2v) is 13.1. The number of ether oxygens (including phenoxy) is 1. The monoisotopic (exact) mass is 516 g/mol. The highest BCUT2D eigenvalue weighted by atomic mass is 16.6. The number of nitriles is 1. The highest BCUT2D eigenvalue weighted by Gasteiger charge is 2.39. The largest absolute Gasteiger partial charge is 0.444 e. The molecule has 2 N–H and O–H groups in total. The van der Waals surface area contributed by atoms with E-state index in [1.54, 1.807) is 0 Å². The Labute approximate surface area is 225 Å². The van der Waals surface area contributed by atoms with Crippen molar-refractivity contribution in [2.24, 2.45) is 5.41 Å². The highest BCUT2D eigenvalue weighted by Crippen LogP contribution is 2.43. The Morgan fingerprint density at radius 2 is 1.79 bits per heavy atom. The number of fused-ring (bicyclic) bond motifs is 3. The molecule has 1 amide bonds. The molecule has 202 valence electrons. The van der Waals surface area contributed by atoms with Crippen molar-refractivity contribution in [3.63, 3.8) is 0 Å². The number of alkyl carbamates (subject to hydrolysis) is 1. The van der Waals surface area contributed by atoms with Gasteiger partial charge in [0.25, 0.3) is 0 Å². The minimum absolute atomic E-state index is 0.0619. The molecule has 1 heterocycles. The van der Waals surface area contributed by atoms with Gasteiger partial charge in [-0.05, 0) is 101 Å². The normalized spacial score (nSPS) is 22.3. The Hall–Kier alpha value is -3.27. The molecule has 0 spiro atoms. The van der Waals surface area contributed by atoms with Crippen LogP contribution >= 0.6 is 0 Å². The number of aromatic nitrogens is 1. The molecule has 38 heavy (non-hydrogen) atoms. The van der Waals surface area contributed by atoms with Crippen molar-refractivity contribution in [1.29, 1.82) is 5.26 Å². The van der Waals surface area contributed by atoms with Crippen molar-refractivity contribution in [2.45, 2.75) is 110 Å². The molecular weight excluding hydrogens is 476 g/mol. The molecule has 2 aromatic rings. The van der Waals surface area contributed by atoms with Gasteiger partial charge in [0, 0.05) is 41.1 Å². The summed E-state index contributed by atoms with van der Waals surface area (Å²) < 4.78 is 7.73. The molecule has 0 bridgehead atoms. The van der Waals surface area contributed by atoms with Crippen molar-refractivity contribution in [2.75, 3.05) is 5.32 Å². The fourth-order valence-electron chi connectivity index (χ4n) is 6.50. The van der Waals surface area contributed by atoms with E-state index in [1.165, 1.54) is 11.3 Å². The van der Waals surface area contributed by atoms with Crippen LogP contribution in [-0.2, 0) is 24.0 Å². The van der Waals surface area contributed by atoms with E-state index in [0.717, 1.165) is 74.0 Å². The van der Waals surface area contributed by atoms with E-state index in [4.69, 9.17) is 4.74 Å². The van der Waals surface area contributed by atoms with Gasteiger partial charge in [0.05, 0.1) is 11.3 Å². The van der Waals surface area contributed by atoms with E-state index in [9.17, 15) is 14.9 Å². The lowest BCUT2D eigenvalue weighted by Crippen LogP contribution is -2.42. The van der Waals surface area contributed by atoms with E-state index >= 15 is 0 Å². The van der Waals surface area contributed by atoms with E-state index in [2.05, 4.69) is 41.2 Å². The minimum atomic E-state index is -0.510. The van der Waals surface area contributed by atoms with Crippen LogP contribution < -0.4 is 10.6 Å². The topological polar surface area (TPSA) is 96.1 Å². The van der Waals surface area contributed by atoms with Crippen molar-refractivity contribution in [3.8, 4) is 11.8 Å². The molecule has 5 rings (SSSR count). The van der Waals surface area contributed by atoms with Gasteiger partial charge in [-0.3, -0.25) is 4.79 Å². The quantitative estimate of drug-likeness (QED) is 0.501. The zero-order valence-electron chi connectivity index (χ0n) is 23.4. The van der Waals surface area contributed by atoms with Gasteiger partial charge in [-0.15, -0.1) is 0 Å². The zero-order valence-corrected chi connectivity index (χ0v) is 23.4. The number of amides is 1. The first-order valence-corrected chi connectivity index (χ1v) is 14.0. The van der Waals surface area contributed by atoms with Gasteiger partial charge >= 0.3 is 6.09 Å². The molecule has 0 radical (unpaired) electrons. The number of carbonyl (C=O) groups excluding carboxylic acids is 2. The lowest BCUT2D eigenvalue weighted by atomic mass is 9.75. The molecule has 1 saturated carbocycles. The SMILES string of the molecule is CC1(C)CC(=O)c2c3c(n(-c4ccc(C#N)c(NC5CCC(NC(=O)OC(C)(C)C)CC5)c4)c2C1)CCC3. The van der Waals surface area contributed by atoms with Crippen molar-refractivity contribution < 1.29 is 14.3 Å². The van der Waals surface area contributed by atoms with Gasteiger partial charge in [-0.2, -0.15) is 5.26 Å². The predicted octanol–water partition coefficient (Wildman–Crippen LogP) is 6.24. The summed E-state index contributed by atoms with van der Waals surface area (Å²) in [7, 11) is 0. The summed E-state index contributed by atoms with van der Waals surface area (Å²) in [6, 6.07) is 8.68. The first-order valence-electron chi connectivity index (χ1n) is 14.0. The number of Topliss-reactive ketones (excluding diaryl/α,β-unsaturated/α-hetero) is 1. The number of rotatable bonds is 4. The molecular formula is C31H40N4O3.